The molecule has 0 N–H and O–H groups in total. The average Bonchev–Trinajstić information content (AvgIpc) is 2.56. The van der Waals surface area contributed by atoms with Gasteiger partial charge in [-0.2, -0.15) is 0 Å². The van der Waals surface area contributed by atoms with Gasteiger partial charge in [0.15, 0.2) is 11.6 Å². The first-order chi connectivity index (χ1) is 12.7. The van der Waals surface area contributed by atoms with Crippen LogP contribution in [-0.2, 0) is 12.8 Å². The SMILES string of the molecule is C/C=C/c1cc(F)c(C2CCc3c(ccc(OC(F)(F)F)c3F)C2)c(F)c1. The van der Waals surface area contributed by atoms with Crippen molar-refractivity contribution in [2.45, 2.75) is 38.5 Å². The molecule has 0 fully saturated rings. The van der Waals surface area contributed by atoms with Gasteiger partial charge in [-0.25, -0.2) is 13.2 Å². The highest BCUT2D eigenvalue weighted by Gasteiger charge is 2.34. The van der Waals surface area contributed by atoms with E-state index >= 15 is 0 Å². The zero-order valence-corrected chi connectivity index (χ0v) is 14.3. The predicted molar refractivity (Wildman–Crippen MR) is 88.9 cm³/mol. The average molecular weight is 386 g/mol. The lowest BCUT2D eigenvalue weighted by atomic mass is 9.79. The molecule has 0 amide bonds. The minimum absolute atomic E-state index is 0.0659. The summed E-state index contributed by atoms with van der Waals surface area (Å²) >= 11 is 0. The van der Waals surface area contributed by atoms with Crippen molar-refractivity contribution in [3.63, 3.8) is 0 Å². The van der Waals surface area contributed by atoms with Gasteiger partial charge in [-0.1, -0.05) is 18.2 Å². The summed E-state index contributed by atoms with van der Waals surface area (Å²) in [7, 11) is 0. The normalized spacial score (nSPS) is 17.2. The molecule has 7 heteroatoms. The summed E-state index contributed by atoms with van der Waals surface area (Å²) in [6.07, 6.45) is -1.34. The van der Waals surface area contributed by atoms with E-state index in [1.807, 2.05) is 0 Å². The Hall–Kier alpha value is -2.44. The molecule has 2 aromatic rings. The molecule has 0 spiro atoms. The second-order valence-electron chi connectivity index (χ2n) is 6.40. The van der Waals surface area contributed by atoms with Gasteiger partial charge in [-0.05, 0) is 67.0 Å². The van der Waals surface area contributed by atoms with Gasteiger partial charge in [-0.15, -0.1) is 13.2 Å². The molecule has 27 heavy (non-hydrogen) atoms. The van der Waals surface area contributed by atoms with E-state index in [0.29, 0.717) is 11.1 Å². The summed E-state index contributed by atoms with van der Waals surface area (Å²) in [4.78, 5) is 0. The van der Waals surface area contributed by atoms with E-state index in [9.17, 15) is 26.3 Å². The Morgan fingerprint density at radius 1 is 1.07 bits per heavy atom. The number of allylic oxidation sites excluding steroid dienone is 1. The van der Waals surface area contributed by atoms with Gasteiger partial charge >= 0.3 is 6.36 Å². The first kappa shape index (κ1) is 19.3. The third-order valence-corrected chi connectivity index (χ3v) is 4.61. The van der Waals surface area contributed by atoms with Gasteiger partial charge in [0.25, 0.3) is 0 Å². The summed E-state index contributed by atoms with van der Waals surface area (Å²) in [6.45, 7) is 1.73. The van der Waals surface area contributed by atoms with Gasteiger partial charge < -0.3 is 4.74 Å². The number of benzene rings is 2. The highest BCUT2D eigenvalue weighted by Crippen LogP contribution is 2.39. The number of hydrogen-bond donors (Lipinski definition) is 0. The van der Waals surface area contributed by atoms with Crippen LogP contribution < -0.4 is 4.74 Å². The van der Waals surface area contributed by atoms with Crippen LogP contribution in [0.4, 0.5) is 26.3 Å². The minimum atomic E-state index is -4.99. The third-order valence-electron chi connectivity index (χ3n) is 4.61. The van der Waals surface area contributed by atoms with Crippen LogP contribution in [0.5, 0.6) is 5.75 Å². The maximum Gasteiger partial charge on any atom is 0.573 e. The summed E-state index contributed by atoms with van der Waals surface area (Å²) in [5.41, 5.74) is 0.839. The van der Waals surface area contributed by atoms with E-state index in [-0.39, 0.29) is 30.4 Å². The third kappa shape index (κ3) is 4.12. The molecule has 144 valence electrons. The van der Waals surface area contributed by atoms with Crippen molar-refractivity contribution in [1.82, 2.24) is 0 Å². The van der Waals surface area contributed by atoms with E-state index in [1.54, 1.807) is 19.1 Å². The van der Waals surface area contributed by atoms with E-state index in [4.69, 9.17) is 0 Å². The van der Waals surface area contributed by atoms with Crippen molar-refractivity contribution >= 4 is 6.08 Å². The van der Waals surface area contributed by atoms with Crippen LogP contribution in [0.2, 0.25) is 0 Å². The van der Waals surface area contributed by atoms with Gasteiger partial charge in [0.05, 0.1) is 0 Å². The molecule has 3 rings (SSSR count). The second-order valence-corrected chi connectivity index (χ2v) is 6.40. The lowest BCUT2D eigenvalue weighted by Crippen LogP contribution is -2.20. The van der Waals surface area contributed by atoms with Crippen molar-refractivity contribution in [3.8, 4) is 5.75 Å². The van der Waals surface area contributed by atoms with Crippen molar-refractivity contribution in [3.05, 3.63) is 70.0 Å². The number of halogens is 6. The Balaban J connectivity index is 1.90. The zero-order valence-electron chi connectivity index (χ0n) is 14.3. The molecule has 0 bridgehead atoms. The fourth-order valence-corrected chi connectivity index (χ4v) is 3.52. The maximum atomic E-state index is 14.4. The van der Waals surface area contributed by atoms with Crippen molar-refractivity contribution in [2.75, 3.05) is 0 Å². The smallest absolute Gasteiger partial charge is 0.403 e. The topological polar surface area (TPSA) is 9.23 Å². The molecule has 2 aromatic carbocycles. The van der Waals surface area contributed by atoms with Crippen LogP contribution in [0, 0.1) is 17.5 Å². The van der Waals surface area contributed by atoms with Gasteiger partial charge in [0.1, 0.15) is 11.6 Å². The van der Waals surface area contributed by atoms with Crippen LogP contribution in [-0.4, -0.2) is 6.36 Å². The Labute approximate surface area is 152 Å². The molecule has 0 aliphatic heterocycles. The summed E-state index contributed by atoms with van der Waals surface area (Å²) in [5, 5.41) is 0. The molecule has 1 unspecified atom stereocenters. The standard InChI is InChI=1S/C20H16F6O/c1-2-3-11-8-15(21)18(16(22)9-11)13-4-6-14-12(10-13)5-7-17(19(14)23)27-20(24,25)26/h2-3,5,7-9,13H,4,6,10H2,1H3/b3-2+. The monoisotopic (exact) mass is 386 g/mol. The highest BCUT2D eigenvalue weighted by atomic mass is 19.4. The zero-order chi connectivity index (χ0) is 19.8. The molecule has 0 saturated heterocycles. The van der Waals surface area contributed by atoms with E-state index < -0.39 is 35.5 Å². The highest BCUT2D eigenvalue weighted by molar-refractivity contribution is 5.51. The van der Waals surface area contributed by atoms with Gasteiger partial charge in [-0.3, -0.25) is 0 Å². The fraction of sp³-hybridized carbons (Fsp3) is 0.300. The molecule has 1 aliphatic carbocycles. The Kier molecular flexibility index (Phi) is 5.22. The maximum absolute atomic E-state index is 14.4. The number of hydrogen-bond acceptors (Lipinski definition) is 1. The minimum Gasteiger partial charge on any atom is -0.403 e. The lowest BCUT2D eigenvalue weighted by Gasteiger charge is -2.27. The van der Waals surface area contributed by atoms with E-state index in [2.05, 4.69) is 4.74 Å². The largest absolute Gasteiger partial charge is 0.573 e. The summed E-state index contributed by atoms with van der Waals surface area (Å²) < 4.78 is 83.9. The van der Waals surface area contributed by atoms with Gasteiger partial charge in [0.2, 0.25) is 0 Å². The number of alkyl halides is 3. The Bertz CT molecular complexity index is 862. The Morgan fingerprint density at radius 3 is 2.33 bits per heavy atom. The number of ether oxygens (including phenoxy) is 1. The molecule has 0 saturated carbocycles. The molecule has 0 heterocycles. The Morgan fingerprint density at radius 2 is 1.74 bits per heavy atom. The molecular formula is C20H16F6O. The molecule has 1 atom stereocenters. The molecule has 1 aliphatic rings. The number of fused-ring (bicyclic) bond motifs is 1. The van der Waals surface area contributed by atoms with E-state index in [0.717, 1.165) is 6.07 Å². The molecule has 1 nitrogen and oxygen atoms in total. The first-order valence-electron chi connectivity index (χ1n) is 8.37. The van der Waals surface area contributed by atoms with Crippen LogP contribution >= 0.6 is 0 Å². The fourth-order valence-electron chi connectivity index (χ4n) is 3.52. The van der Waals surface area contributed by atoms with E-state index in [1.165, 1.54) is 18.2 Å². The van der Waals surface area contributed by atoms with Crippen molar-refractivity contribution in [2.24, 2.45) is 0 Å². The van der Waals surface area contributed by atoms with Gasteiger partial charge in [0, 0.05) is 5.56 Å². The number of rotatable bonds is 3. The first-order valence-corrected chi connectivity index (χ1v) is 8.37. The summed E-state index contributed by atoms with van der Waals surface area (Å²) in [5.74, 6) is -3.87. The van der Waals surface area contributed by atoms with Crippen LogP contribution in [0.15, 0.2) is 30.3 Å². The van der Waals surface area contributed by atoms with Crippen molar-refractivity contribution in [1.29, 1.82) is 0 Å². The lowest BCUT2D eigenvalue weighted by molar-refractivity contribution is -0.275. The quantitative estimate of drug-likeness (QED) is 0.562. The van der Waals surface area contributed by atoms with Crippen LogP contribution in [0.25, 0.3) is 6.08 Å². The second kappa shape index (κ2) is 7.29. The molecular weight excluding hydrogens is 370 g/mol. The van der Waals surface area contributed by atoms with Crippen LogP contribution in [0.3, 0.4) is 0 Å². The summed E-state index contributed by atoms with van der Waals surface area (Å²) in [6, 6.07) is 4.67. The predicted octanol–water partition coefficient (Wildman–Crippen LogP) is 6.31. The van der Waals surface area contributed by atoms with Crippen molar-refractivity contribution < 1.29 is 31.1 Å². The molecule has 0 aromatic heterocycles. The molecule has 0 radical (unpaired) electrons. The van der Waals surface area contributed by atoms with Crippen LogP contribution in [0.1, 0.15) is 41.5 Å².